The maximum atomic E-state index is 11.8. The van der Waals surface area contributed by atoms with Gasteiger partial charge in [-0.15, -0.1) is 0 Å². The maximum absolute atomic E-state index is 11.8. The van der Waals surface area contributed by atoms with Gasteiger partial charge in [-0.05, 0) is 28.3 Å². The van der Waals surface area contributed by atoms with E-state index in [9.17, 15) is 8.42 Å². The summed E-state index contributed by atoms with van der Waals surface area (Å²) in [7, 11) is -3.84. The average molecular weight is 363 g/mol. The van der Waals surface area contributed by atoms with Crippen LogP contribution in [0.1, 0.15) is 16.7 Å². The van der Waals surface area contributed by atoms with Gasteiger partial charge in [0.2, 0.25) is 10.0 Å². The van der Waals surface area contributed by atoms with E-state index in [1.165, 1.54) is 6.20 Å². The van der Waals surface area contributed by atoms with Gasteiger partial charge in [0, 0.05) is 18.3 Å². The predicted octanol–water partition coefficient (Wildman–Crippen LogP) is 3.11. The van der Waals surface area contributed by atoms with E-state index in [0.29, 0.717) is 12.4 Å². The van der Waals surface area contributed by atoms with Gasteiger partial charge in [-0.25, -0.2) is 18.5 Å². The number of hydrogen-bond acceptors (Lipinski definition) is 4. The van der Waals surface area contributed by atoms with E-state index in [2.05, 4.69) is 10.3 Å². The summed E-state index contributed by atoms with van der Waals surface area (Å²) in [4.78, 5) is 4.29. The largest absolute Gasteiger partial charge is 0.365 e. The van der Waals surface area contributed by atoms with Crippen molar-refractivity contribution in [3.8, 4) is 0 Å². The lowest BCUT2D eigenvalue weighted by atomic mass is 9.87. The van der Waals surface area contributed by atoms with Crippen LogP contribution in [0.3, 0.4) is 0 Å². The van der Waals surface area contributed by atoms with E-state index in [-0.39, 0.29) is 4.90 Å². The van der Waals surface area contributed by atoms with Crippen molar-refractivity contribution in [3.05, 3.63) is 89.6 Å². The van der Waals surface area contributed by atoms with Gasteiger partial charge < -0.3 is 5.32 Å². The van der Waals surface area contributed by atoms with E-state index in [4.69, 9.17) is 5.14 Å². The van der Waals surface area contributed by atoms with E-state index < -0.39 is 10.0 Å². The van der Waals surface area contributed by atoms with Gasteiger partial charge in [0.25, 0.3) is 0 Å². The number of fused-ring (bicyclic) bond motifs is 1. The number of nitrogens with two attached hydrogens (primary N) is 1. The number of anilines is 1. The molecule has 0 atom stereocenters. The summed E-state index contributed by atoms with van der Waals surface area (Å²) >= 11 is 0. The Bertz CT molecular complexity index is 1090. The van der Waals surface area contributed by atoms with Crippen LogP contribution >= 0.6 is 0 Å². The number of pyridine rings is 1. The summed E-state index contributed by atoms with van der Waals surface area (Å²) in [6.07, 6.45) is 1.29. The van der Waals surface area contributed by atoms with Crippen LogP contribution < -0.4 is 10.5 Å². The lowest BCUT2D eigenvalue weighted by Gasteiger charge is -2.25. The SMILES string of the molecule is NS(=O)(=O)c1cnc2c(c1)C(c1ccccc1)=C(c1ccccc1)CN2. The maximum Gasteiger partial charge on any atom is 0.239 e. The van der Waals surface area contributed by atoms with E-state index >= 15 is 0 Å². The number of rotatable bonds is 3. The third kappa shape index (κ3) is 3.00. The molecule has 1 aliphatic rings. The molecule has 3 aromatic rings. The quantitative estimate of drug-likeness (QED) is 0.749. The Morgan fingerprint density at radius 2 is 1.54 bits per heavy atom. The average Bonchev–Trinajstić information content (AvgIpc) is 2.67. The second kappa shape index (κ2) is 6.40. The number of nitrogens with one attached hydrogen (secondary N) is 1. The lowest BCUT2D eigenvalue weighted by Crippen LogP contribution is -2.18. The van der Waals surface area contributed by atoms with Crippen LogP contribution in [-0.4, -0.2) is 19.9 Å². The van der Waals surface area contributed by atoms with Crippen molar-refractivity contribution in [2.45, 2.75) is 4.90 Å². The molecule has 0 aliphatic carbocycles. The first kappa shape index (κ1) is 16.5. The Morgan fingerprint density at radius 1 is 0.923 bits per heavy atom. The number of nitrogens with zero attached hydrogens (tertiary/aromatic N) is 1. The molecule has 0 fully saturated rings. The Balaban J connectivity index is 2.02. The standard InChI is InChI=1S/C20H17N3O2S/c21-26(24,25)16-11-17-19(15-9-5-2-6-10-15)18(13-23-20(17)22-12-16)14-7-3-1-4-8-14/h1-12H,13H2,(H,22,23)(H2,21,24,25). The molecule has 1 aliphatic heterocycles. The van der Waals surface area contributed by atoms with Crippen LogP contribution in [0.2, 0.25) is 0 Å². The van der Waals surface area contributed by atoms with Crippen LogP contribution in [0.25, 0.3) is 11.1 Å². The minimum atomic E-state index is -3.84. The van der Waals surface area contributed by atoms with Crippen LogP contribution in [0.5, 0.6) is 0 Å². The van der Waals surface area contributed by atoms with Crippen molar-refractivity contribution in [1.29, 1.82) is 0 Å². The first-order valence-electron chi connectivity index (χ1n) is 8.15. The molecule has 0 bridgehead atoms. The molecule has 4 rings (SSSR count). The number of sulfonamides is 1. The second-order valence-corrected chi connectivity index (χ2v) is 7.61. The van der Waals surface area contributed by atoms with Crippen molar-refractivity contribution in [2.24, 2.45) is 5.14 Å². The molecule has 0 spiro atoms. The zero-order chi connectivity index (χ0) is 18.1. The first-order chi connectivity index (χ1) is 12.5. The number of primary sulfonamides is 1. The molecular weight excluding hydrogens is 346 g/mol. The van der Waals surface area contributed by atoms with Gasteiger partial charge in [0.05, 0.1) is 0 Å². The molecule has 2 heterocycles. The monoisotopic (exact) mass is 363 g/mol. The summed E-state index contributed by atoms with van der Waals surface area (Å²) in [6, 6.07) is 21.5. The molecule has 0 radical (unpaired) electrons. The molecule has 0 saturated carbocycles. The predicted molar refractivity (Wildman–Crippen MR) is 103 cm³/mol. The smallest absolute Gasteiger partial charge is 0.239 e. The summed E-state index contributed by atoms with van der Waals surface area (Å²) in [5, 5.41) is 8.60. The summed E-state index contributed by atoms with van der Waals surface area (Å²) < 4.78 is 23.6. The highest BCUT2D eigenvalue weighted by Crippen LogP contribution is 2.39. The topological polar surface area (TPSA) is 85.1 Å². The third-order valence-electron chi connectivity index (χ3n) is 4.38. The lowest BCUT2D eigenvalue weighted by molar-refractivity contribution is 0.597. The van der Waals surface area contributed by atoms with E-state index in [0.717, 1.165) is 27.8 Å². The summed E-state index contributed by atoms with van der Waals surface area (Å²) in [6.45, 7) is 0.600. The fourth-order valence-corrected chi connectivity index (χ4v) is 3.66. The third-order valence-corrected chi connectivity index (χ3v) is 5.26. The van der Waals surface area contributed by atoms with Gasteiger partial charge >= 0.3 is 0 Å². The van der Waals surface area contributed by atoms with Crippen LogP contribution in [0, 0.1) is 0 Å². The number of benzene rings is 2. The summed E-state index contributed by atoms with van der Waals surface area (Å²) in [5.41, 5.74) is 4.85. The van der Waals surface area contributed by atoms with Crippen molar-refractivity contribution in [1.82, 2.24) is 4.98 Å². The van der Waals surface area contributed by atoms with Gasteiger partial charge in [-0.1, -0.05) is 60.7 Å². The molecule has 0 saturated heterocycles. The number of hydrogen-bond donors (Lipinski definition) is 2. The van der Waals surface area contributed by atoms with E-state index in [1.807, 2.05) is 60.7 Å². The molecule has 3 N–H and O–H groups in total. The fourth-order valence-electron chi connectivity index (χ4n) is 3.18. The Morgan fingerprint density at radius 3 is 2.15 bits per heavy atom. The Hall–Kier alpha value is -2.96. The minimum absolute atomic E-state index is 0.000734. The van der Waals surface area contributed by atoms with Crippen LogP contribution in [-0.2, 0) is 10.0 Å². The van der Waals surface area contributed by atoms with Crippen molar-refractivity contribution < 1.29 is 8.42 Å². The second-order valence-electron chi connectivity index (χ2n) is 6.05. The molecule has 130 valence electrons. The van der Waals surface area contributed by atoms with Crippen LogP contribution in [0.15, 0.2) is 77.8 Å². The normalized spacial score (nSPS) is 13.9. The van der Waals surface area contributed by atoms with E-state index in [1.54, 1.807) is 6.07 Å². The fraction of sp³-hybridized carbons (Fsp3) is 0.0500. The molecule has 6 heteroatoms. The zero-order valence-corrected chi connectivity index (χ0v) is 14.7. The number of aromatic nitrogens is 1. The van der Waals surface area contributed by atoms with Gasteiger partial charge in [0.1, 0.15) is 10.7 Å². The summed E-state index contributed by atoms with van der Waals surface area (Å²) in [5.74, 6) is 0.649. The molecule has 5 nitrogen and oxygen atoms in total. The Kier molecular flexibility index (Phi) is 4.06. The molecule has 0 unspecified atom stereocenters. The first-order valence-corrected chi connectivity index (χ1v) is 9.70. The van der Waals surface area contributed by atoms with Crippen LogP contribution in [0.4, 0.5) is 5.82 Å². The van der Waals surface area contributed by atoms with Crippen molar-refractivity contribution >= 4 is 27.0 Å². The minimum Gasteiger partial charge on any atom is -0.365 e. The Labute approximate surface area is 152 Å². The highest BCUT2D eigenvalue weighted by molar-refractivity contribution is 7.89. The molecular formula is C20H17N3O2S. The zero-order valence-electron chi connectivity index (χ0n) is 13.9. The van der Waals surface area contributed by atoms with Gasteiger partial charge in [-0.2, -0.15) is 0 Å². The van der Waals surface area contributed by atoms with Gasteiger partial charge in [0.15, 0.2) is 0 Å². The highest BCUT2D eigenvalue weighted by atomic mass is 32.2. The molecule has 2 aromatic carbocycles. The molecule has 1 aromatic heterocycles. The van der Waals surface area contributed by atoms with Crippen molar-refractivity contribution in [2.75, 3.05) is 11.9 Å². The van der Waals surface area contributed by atoms with Gasteiger partial charge in [-0.3, -0.25) is 0 Å². The molecule has 26 heavy (non-hydrogen) atoms. The highest BCUT2D eigenvalue weighted by Gasteiger charge is 2.24. The van der Waals surface area contributed by atoms with Crippen molar-refractivity contribution in [3.63, 3.8) is 0 Å². The molecule has 0 amide bonds.